The first-order chi connectivity index (χ1) is 13.8. The van der Waals surface area contributed by atoms with Gasteiger partial charge in [0.15, 0.2) is 0 Å². The first-order valence-corrected chi connectivity index (χ1v) is 12.6. The number of phenolic OH excluding ortho intramolecular Hbond substituents is 1. The smallest absolute Gasteiger partial charge is 0.119 e. The molecule has 0 aliphatic carbocycles. The van der Waals surface area contributed by atoms with Crippen LogP contribution in [0.2, 0.25) is 0 Å². The number of para-hydroxylation sites is 1. The number of hydrogen-bond donors (Lipinski definition) is 1. The SMILES string of the molecule is CCCCCCCCCCC(CCCCCCCCCC)c1ccccc1O. The Bertz CT molecular complexity index is 433. The molecule has 0 heterocycles. The van der Waals surface area contributed by atoms with E-state index in [0.29, 0.717) is 11.7 Å². The van der Waals surface area contributed by atoms with Gasteiger partial charge < -0.3 is 5.11 Å². The lowest BCUT2D eigenvalue weighted by molar-refractivity contribution is 0.437. The van der Waals surface area contributed by atoms with Crippen molar-refractivity contribution in [3.63, 3.8) is 0 Å². The van der Waals surface area contributed by atoms with Crippen LogP contribution < -0.4 is 0 Å². The zero-order chi connectivity index (χ0) is 20.3. The standard InChI is InChI=1S/C27H48O/c1-3-5-7-9-11-13-15-17-21-25(26-23-19-20-24-27(26)28)22-18-16-14-12-10-8-6-4-2/h19-20,23-25,28H,3-18,21-22H2,1-2H3. The second-order valence-electron chi connectivity index (χ2n) is 8.78. The third-order valence-corrected chi connectivity index (χ3v) is 6.19. The van der Waals surface area contributed by atoms with Gasteiger partial charge in [0.25, 0.3) is 0 Å². The Morgan fingerprint density at radius 3 is 1.39 bits per heavy atom. The van der Waals surface area contributed by atoms with E-state index in [2.05, 4.69) is 26.0 Å². The highest BCUT2D eigenvalue weighted by atomic mass is 16.3. The van der Waals surface area contributed by atoms with E-state index in [1.807, 2.05) is 12.1 Å². The highest BCUT2D eigenvalue weighted by molar-refractivity contribution is 5.34. The van der Waals surface area contributed by atoms with Gasteiger partial charge in [0.1, 0.15) is 5.75 Å². The second kappa shape index (κ2) is 18.1. The molecule has 0 bridgehead atoms. The van der Waals surface area contributed by atoms with Crippen LogP contribution in [-0.4, -0.2) is 5.11 Å². The molecule has 0 aliphatic rings. The van der Waals surface area contributed by atoms with E-state index in [9.17, 15) is 5.11 Å². The summed E-state index contributed by atoms with van der Waals surface area (Å²) in [6, 6.07) is 8.05. The molecule has 0 unspecified atom stereocenters. The summed E-state index contributed by atoms with van der Waals surface area (Å²) in [6.45, 7) is 4.57. The molecule has 1 rings (SSSR count). The molecule has 0 radical (unpaired) electrons. The molecule has 28 heavy (non-hydrogen) atoms. The molecule has 1 nitrogen and oxygen atoms in total. The Morgan fingerprint density at radius 1 is 0.571 bits per heavy atom. The second-order valence-corrected chi connectivity index (χ2v) is 8.78. The average Bonchev–Trinajstić information content (AvgIpc) is 2.71. The third kappa shape index (κ3) is 12.5. The number of phenols is 1. The lowest BCUT2D eigenvalue weighted by Gasteiger charge is -2.18. The quantitative estimate of drug-likeness (QED) is 0.234. The number of benzene rings is 1. The number of rotatable bonds is 19. The molecule has 0 fully saturated rings. The van der Waals surface area contributed by atoms with Gasteiger partial charge >= 0.3 is 0 Å². The molecule has 0 spiro atoms. The lowest BCUT2D eigenvalue weighted by atomic mass is 9.87. The summed E-state index contributed by atoms with van der Waals surface area (Å²) in [7, 11) is 0. The van der Waals surface area contributed by atoms with Crippen molar-refractivity contribution in [1.82, 2.24) is 0 Å². The molecular weight excluding hydrogens is 340 g/mol. The third-order valence-electron chi connectivity index (χ3n) is 6.19. The summed E-state index contributed by atoms with van der Waals surface area (Å²) < 4.78 is 0. The van der Waals surface area contributed by atoms with Gasteiger partial charge in [0.2, 0.25) is 0 Å². The van der Waals surface area contributed by atoms with E-state index in [1.165, 1.54) is 121 Å². The number of aromatic hydroxyl groups is 1. The molecule has 0 aromatic heterocycles. The zero-order valence-electron chi connectivity index (χ0n) is 19.1. The summed E-state index contributed by atoms with van der Waals surface area (Å²) in [5.74, 6) is 1.05. The van der Waals surface area contributed by atoms with Crippen molar-refractivity contribution in [2.75, 3.05) is 0 Å². The highest BCUT2D eigenvalue weighted by Crippen LogP contribution is 2.34. The van der Waals surface area contributed by atoms with Crippen LogP contribution in [-0.2, 0) is 0 Å². The van der Waals surface area contributed by atoms with Crippen LogP contribution in [0.25, 0.3) is 0 Å². The van der Waals surface area contributed by atoms with E-state index in [-0.39, 0.29) is 0 Å². The van der Waals surface area contributed by atoms with Crippen molar-refractivity contribution in [3.8, 4) is 5.75 Å². The predicted octanol–water partition coefficient (Wildman–Crippen LogP) is 9.54. The number of unbranched alkanes of at least 4 members (excludes halogenated alkanes) is 14. The van der Waals surface area contributed by atoms with Gasteiger partial charge in [-0.15, -0.1) is 0 Å². The Morgan fingerprint density at radius 2 is 0.964 bits per heavy atom. The first-order valence-electron chi connectivity index (χ1n) is 12.6. The summed E-state index contributed by atoms with van der Waals surface area (Å²) in [5.41, 5.74) is 1.19. The molecule has 0 saturated carbocycles. The van der Waals surface area contributed by atoms with E-state index >= 15 is 0 Å². The topological polar surface area (TPSA) is 20.2 Å². The van der Waals surface area contributed by atoms with E-state index in [0.717, 1.165) is 0 Å². The van der Waals surface area contributed by atoms with Crippen molar-refractivity contribution in [2.24, 2.45) is 0 Å². The molecule has 0 aliphatic heterocycles. The highest BCUT2D eigenvalue weighted by Gasteiger charge is 2.14. The normalized spacial score (nSPS) is 11.4. The average molecular weight is 389 g/mol. The van der Waals surface area contributed by atoms with Crippen molar-refractivity contribution >= 4 is 0 Å². The van der Waals surface area contributed by atoms with Crippen LogP contribution in [0.5, 0.6) is 5.75 Å². The fourth-order valence-electron chi connectivity index (χ4n) is 4.34. The summed E-state index contributed by atoms with van der Waals surface area (Å²) in [5, 5.41) is 10.3. The monoisotopic (exact) mass is 388 g/mol. The van der Waals surface area contributed by atoms with Gasteiger partial charge in [-0.1, -0.05) is 135 Å². The van der Waals surface area contributed by atoms with Crippen LogP contribution in [0.4, 0.5) is 0 Å². The van der Waals surface area contributed by atoms with E-state index < -0.39 is 0 Å². The zero-order valence-corrected chi connectivity index (χ0v) is 19.1. The van der Waals surface area contributed by atoms with Crippen molar-refractivity contribution < 1.29 is 5.11 Å². The van der Waals surface area contributed by atoms with Gasteiger partial charge in [0, 0.05) is 0 Å². The largest absolute Gasteiger partial charge is 0.508 e. The summed E-state index contributed by atoms with van der Waals surface area (Å²) in [4.78, 5) is 0. The molecule has 0 amide bonds. The molecular formula is C27H48O. The van der Waals surface area contributed by atoms with Gasteiger partial charge in [-0.05, 0) is 30.4 Å². The molecule has 1 N–H and O–H groups in total. The van der Waals surface area contributed by atoms with Crippen LogP contribution in [0, 0.1) is 0 Å². The van der Waals surface area contributed by atoms with Crippen LogP contribution in [0.3, 0.4) is 0 Å². The Balaban J connectivity index is 2.27. The molecule has 162 valence electrons. The van der Waals surface area contributed by atoms with Crippen molar-refractivity contribution in [3.05, 3.63) is 29.8 Å². The first kappa shape index (κ1) is 25.1. The van der Waals surface area contributed by atoms with Gasteiger partial charge in [-0.25, -0.2) is 0 Å². The Kier molecular flexibility index (Phi) is 16.2. The van der Waals surface area contributed by atoms with Gasteiger partial charge in [-0.2, -0.15) is 0 Å². The summed E-state index contributed by atoms with van der Waals surface area (Å²) in [6.07, 6.45) is 24.5. The predicted molar refractivity (Wildman–Crippen MR) is 125 cm³/mol. The maximum absolute atomic E-state index is 10.3. The molecule has 1 aromatic carbocycles. The minimum Gasteiger partial charge on any atom is -0.508 e. The minimum absolute atomic E-state index is 0.506. The fraction of sp³-hybridized carbons (Fsp3) is 0.778. The maximum atomic E-state index is 10.3. The minimum atomic E-state index is 0.506. The fourth-order valence-corrected chi connectivity index (χ4v) is 4.34. The lowest BCUT2D eigenvalue weighted by Crippen LogP contribution is -2.00. The molecule has 1 aromatic rings. The van der Waals surface area contributed by atoms with E-state index in [1.54, 1.807) is 0 Å². The van der Waals surface area contributed by atoms with Crippen molar-refractivity contribution in [2.45, 2.75) is 135 Å². The van der Waals surface area contributed by atoms with Crippen LogP contribution in [0.15, 0.2) is 24.3 Å². The molecule has 0 atom stereocenters. The Hall–Kier alpha value is -0.980. The molecule has 1 heteroatoms. The van der Waals surface area contributed by atoms with Crippen molar-refractivity contribution in [1.29, 1.82) is 0 Å². The van der Waals surface area contributed by atoms with Crippen LogP contribution >= 0.6 is 0 Å². The van der Waals surface area contributed by atoms with Gasteiger partial charge in [-0.3, -0.25) is 0 Å². The molecule has 0 saturated heterocycles. The van der Waals surface area contributed by atoms with Gasteiger partial charge in [0.05, 0.1) is 0 Å². The summed E-state index contributed by atoms with van der Waals surface area (Å²) >= 11 is 0. The maximum Gasteiger partial charge on any atom is 0.119 e. The Labute approximate surface area is 176 Å². The number of hydrogen-bond acceptors (Lipinski definition) is 1. The van der Waals surface area contributed by atoms with Crippen LogP contribution in [0.1, 0.15) is 141 Å². The van der Waals surface area contributed by atoms with E-state index in [4.69, 9.17) is 0 Å².